The van der Waals surface area contributed by atoms with E-state index in [4.69, 9.17) is 0 Å². The molecule has 0 spiro atoms. The molecule has 4 atom stereocenters. The molecular weight excluding hydrogens is 294 g/mol. The van der Waals surface area contributed by atoms with Crippen molar-refractivity contribution in [2.24, 2.45) is 23.7 Å². The molecule has 118 valence electrons. The molecule has 3 saturated carbocycles. The van der Waals surface area contributed by atoms with E-state index < -0.39 is 23.7 Å². The molecule has 5 rings (SSSR count). The molecule has 4 aliphatic rings. The third kappa shape index (κ3) is 1.79. The minimum atomic E-state index is -0.645. The molecule has 0 unspecified atom stereocenters. The predicted octanol–water partition coefficient (Wildman–Crippen LogP) is 1.59. The number of fused-ring (bicyclic) bond motifs is 2. The van der Waals surface area contributed by atoms with E-state index >= 15 is 0 Å². The lowest BCUT2D eigenvalue weighted by Crippen LogP contribution is -2.51. The standard InChI is InChI=1S/C18H17NO4/c1-8-3-4-10(5-9(8)2)19-17(22)15-11-6-13(20)12(7-14(11)21)16(15)18(19)23/h3-5,11-12,15-16H,6-7H2,1-2H3/t11-,12-,15-,16+/m1/s1. The van der Waals surface area contributed by atoms with Crippen molar-refractivity contribution in [3.63, 3.8) is 0 Å². The number of amides is 2. The Morgan fingerprint density at radius 2 is 1.35 bits per heavy atom. The van der Waals surface area contributed by atoms with E-state index in [0.717, 1.165) is 11.1 Å². The van der Waals surface area contributed by atoms with Gasteiger partial charge in [-0.05, 0) is 37.1 Å². The van der Waals surface area contributed by atoms with Crippen LogP contribution in [0.2, 0.25) is 0 Å². The van der Waals surface area contributed by atoms with Crippen LogP contribution in [0.5, 0.6) is 0 Å². The Bertz CT molecular complexity index is 741. The number of benzene rings is 1. The molecule has 0 N–H and O–H groups in total. The Labute approximate surface area is 133 Å². The van der Waals surface area contributed by atoms with Gasteiger partial charge in [0.25, 0.3) is 0 Å². The molecule has 1 heterocycles. The maximum atomic E-state index is 12.8. The Morgan fingerprint density at radius 1 is 0.826 bits per heavy atom. The fourth-order valence-corrected chi connectivity index (χ4v) is 4.30. The fraction of sp³-hybridized carbons (Fsp3) is 0.444. The summed E-state index contributed by atoms with van der Waals surface area (Å²) in [5, 5.41) is 0. The summed E-state index contributed by atoms with van der Waals surface area (Å²) < 4.78 is 0. The summed E-state index contributed by atoms with van der Waals surface area (Å²) in [7, 11) is 0. The fourth-order valence-electron chi connectivity index (χ4n) is 4.30. The van der Waals surface area contributed by atoms with Crippen LogP contribution in [-0.2, 0) is 19.2 Å². The quantitative estimate of drug-likeness (QED) is 0.738. The van der Waals surface area contributed by atoms with Crippen molar-refractivity contribution < 1.29 is 19.2 Å². The Kier molecular flexibility index (Phi) is 2.86. The average Bonchev–Trinajstić information content (AvgIpc) is 2.77. The summed E-state index contributed by atoms with van der Waals surface area (Å²) in [6.45, 7) is 3.89. The number of carbonyl (C=O) groups excluding carboxylic acids is 4. The molecule has 4 fully saturated rings. The van der Waals surface area contributed by atoms with E-state index in [1.54, 1.807) is 6.07 Å². The van der Waals surface area contributed by atoms with Gasteiger partial charge in [-0.25, -0.2) is 0 Å². The van der Waals surface area contributed by atoms with Crippen LogP contribution in [-0.4, -0.2) is 23.4 Å². The van der Waals surface area contributed by atoms with Gasteiger partial charge in [0.2, 0.25) is 11.8 Å². The first-order chi connectivity index (χ1) is 10.9. The van der Waals surface area contributed by atoms with Gasteiger partial charge >= 0.3 is 0 Å². The molecule has 1 aromatic rings. The van der Waals surface area contributed by atoms with Crippen molar-refractivity contribution in [2.45, 2.75) is 26.7 Å². The number of anilines is 1. The summed E-state index contributed by atoms with van der Waals surface area (Å²) in [5.41, 5.74) is 2.61. The van der Waals surface area contributed by atoms with Crippen LogP contribution in [0.25, 0.3) is 0 Å². The summed E-state index contributed by atoms with van der Waals surface area (Å²) in [4.78, 5) is 51.1. The van der Waals surface area contributed by atoms with Crippen molar-refractivity contribution in [3.05, 3.63) is 29.3 Å². The van der Waals surface area contributed by atoms with E-state index in [0.29, 0.717) is 5.69 Å². The van der Waals surface area contributed by atoms with Gasteiger partial charge in [0.15, 0.2) is 0 Å². The van der Waals surface area contributed by atoms with Gasteiger partial charge in [0.05, 0.1) is 17.5 Å². The van der Waals surface area contributed by atoms with Crippen LogP contribution in [0.3, 0.4) is 0 Å². The van der Waals surface area contributed by atoms with Crippen LogP contribution in [0.4, 0.5) is 5.69 Å². The molecule has 23 heavy (non-hydrogen) atoms. The Morgan fingerprint density at radius 3 is 1.83 bits per heavy atom. The Balaban J connectivity index is 1.79. The lowest BCUT2D eigenvalue weighted by molar-refractivity contribution is -0.153. The van der Waals surface area contributed by atoms with Crippen LogP contribution in [0.1, 0.15) is 24.0 Å². The number of rotatable bonds is 1. The largest absolute Gasteiger partial charge is 0.299 e. The highest BCUT2D eigenvalue weighted by molar-refractivity contribution is 6.25. The zero-order valence-electron chi connectivity index (χ0n) is 13.0. The lowest BCUT2D eigenvalue weighted by Gasteiger charge is -2.40. The van der Waals surface area contributed by atoms with Crippen molar-refractivity contribution in [1.29, 1.82) is 0 Å². The van der Waals surface area contributed by atoms with Gasteiger partial charge in [-0.2, -0.15) is 0 Å². The summed E-state index contributed by atoms with van der Waals surface area (Å²) >= 11 is 0. The minimum absolute atomic E-state index is 0.0427. The number of ketones is 2. The molecule has 1 saturated heterocycles. The van der Waals surface area contributed by atoms with E-state index in [1.165, 1.54) is 4.90 Å². The van der Waals surface area contributed by atoms with Crippen molar-refractivity contribution in [2.75, 3.05) is 4.90 Å². The highest BCUT2D eigenvalue weighted by atomic mass is 16.2. The van der Waals surface area contributed by atoms with Gasteiger partial charge in [-0.15, -0.1) is 0 Å². The highest BCUT2D eigenvalue weighted by Crippen LogP contribution is 2.50. The van der Waals surface area contributed by atoms with Crippen molar-refractivity contribution >= 4 is 29.1 Å². The monoisotopic (exact) mass is 311 g/mol. The maximum Gasteiger partial charge on any atom is 0.238 e. The highest BCUT2D eigenvalue weighted by Gasteiger charge is 2.63. The number of imide groups is 1. The van der Waals surface area contributed by atoms with Gasteiger partial charge in [0, 0.05) is 24.7 Å². The van der Waals surface area contributed by atoms with Crippen LogP contribution in [0.15, 0.2) is 18.2 Å². The first-order valence-corrected chi connectivity index (χ1v) is 7.90. The molecule has 3 aliphatic carbocycles. The maximum absolute atomic E-state index is 12.8. The number of aryl methyl sites for hydroxylation is 2. The zero-order chi connectivity index (χ0) is 16.5. The molecule has 0 aromatic heterocycles. The van der Waals surface area contributed by atoms with Gasteiger partial charge in [-0.1, -0.05) is 6.07 Å². The number of hydrogen-bond donors (Lipinski definition) is 0. The molecule has 0 radical (unpaired) electrons. The molecular formula is C18H17NO4. The van der Waals surface area contributed by atoms with Crippen LogP contribution >= 0.6 is 0 Å². The third-order valence-electron chi connectivity index (χ3n) is 5.68. The first kappa shape index (κ1) is 14.3. The zero-order valence-corrected chi connectivity index (χ0v) is 13.0. The smallest absolute Gasteiger partial charge is 0.238 e. The molecule has 2 amide bonds. The predicted molar refractivity (Wildman–Crippen MR) is 81.6 cm³/mol. The number of carbonyl (C=O) groups is 4. The first-order valence-electron chi connectivity index (χ1n) is 7.90. The van der Waals surface area contributed by atoms with E-state index in [9.17, 15) is 19.2 Å². The van der Waals surface area contributed by atoms with E-state index in [-0.39, 0.29) is 36.2 Å². The topological polar surface area (TPSA) is 71.5 Å². The molecule has 1 aliphatic heterocycles. The van der Waals surface area contributed by atoms with E-state index in [1.807, 2.05) is 26.0 Å². The molecule has 2 bridgehead atoms. The molecule has 5 nitrogen and oxygen atoms in total. The second-order valence-corrected chi connectivity index (χ2v) is 6.89. The SMILES string of the molecule is Cc1ccc(N2C(=O)[C@@H]3[C@H](C2=O)[C@@H]2CC(=O)[C@H]3CC2=O)cc1C. The van der Waals surface area contributed by atoms with Crippen molar-refractivity contribution in [3.8, 4) is 0 Å². The number of Topliss-reactive ketones (excluding diaryl/α,β-unsaturated/α-hetero) is 2. The second-order valence-electron chi connectivity index (χ2n) is 6.89. The third-order valence-corrected chi connectivity index (χ3v) is 5.68. The van der Waals surface area contributed by atoms with Crippen LogP contribution in [0, 0.1) is 37.5 Å². The van der Waals surface area contributed by atoms with E-state index in [2.05, 4.69) is 0 Å². The minimum Gasteiger partial charge on any atom is -0.299 e. The second kappa shape index (κ2) is 4.60. The average molecular weight is 311 g/mol. The lowest BCUT2D eigenvalue weighted by atomic mass is 9.58. The number of nitrogens with zero attached hydrogens (tertiary/aromatic N) is 1. The normalized spacial score (nSPS) is 32.7. The molecule has 5 heteroatoms. The Hall–Kier alpha value is -2.30. The van der Waals surface area contributed by atoms with Crippen LogP contribution < -0.4 is 4.90 Å². The summed E-state index contributed by atoms with van der Waals surface area (Å²) in [6.07, 6.45) is 0.231. The molecule has 1 aromatic carbocycles. The van der Waals surface area contributed by atoms with Gasteiger partial charge < -0.3 is 0 Å². The van der Waals surface area contributed by atoms with Crippen molar-refractivity contribution in [1.82, 2.24) is 0 Å². The summed E-state index contributed by atoms with van der Waals surface area (Å²) in [6, 6.07) is 5.44. The number of hydrogen-bond acceptors (Lipinski definition) is 4. The van der Waals surface area contributed by atoms with Gasteiger partial charge in [-0.3, -0.25) is 24.1 Å². The van der Waals surface area contributed by atoms with Gasteiger partial charge in [0.1, 0.15) is 11.6 Å². The summed E-state index contributed by atoms with van der Waals surface area (Å²) in [5.74, 6) is -3.23.